The average molecular weight is 275 g/mol. The number of nitrogens with one attached hydrogen (secondary N) is 1. The molecule has 3 rings (SSSR count). The van der Waals surface area contributed by atoms with E-state index in [4.69, 9.17) is 0 Å². The van der Waals surface area contributed by atoms with Crippen molar-refractivity contribution in [2.24, 2.45) is 0 Å². The van der Waals surface area contributed by atoms with Gasteiger partial charge < -0.3 is 4.98 Å². The Morgan fingerprint density at radius 3 is 3.05 bits per heavy atom. The first-order valence-electron chi connectivity index (χ1n) is 6.47. The fraction of sp³-hybridized carbons (Fsp3) is 0.429. The minimum atomic E-state index is 0.0362. The topological polar surface area (TPSA) is 49.0 Å². The molecule has 0 atom stereocenters. The minimum absolute atomic E-state index is 0.0362. The Labute approximate surface area is 116 Å². The van der Waals surface area contributed by atoms with Crippen LogP contribution in [0.25, 0.3) is 0 Å². The van der Waals surface area contributed by atoms with Crippen LogP contribution in [0.5, 0.6) is 0 Å². The molecule has 5 heteroatoms. The molecule has 0 radical (unpaired) electrons. The van der Waals surface area contributed by atoms with Crippen LogP contribution in [0.3, 0.4) is 0 Å². The molecular formula is C14H17N3OS. The molecule has 19 heavy (non-hydrogen) atoms. The summed E-state index contributed by atoms with van der Waals surface area (Å²) in [6.45, 7) is 6.61. The number of aromatic nitrogens is 2. The number of aryl methyl sites for hydroxylation is 2. The summed E-state index contributed by atoms with van der Waals surface area (Å²) in [5, 5.41) is 2.18. The zero-order valence-corrected chi connectivity index (χ0v) is 12.0. The van der Waals surface area contributed by atoms with Crippen LogP contribution in [-0.2, 0) is 19.5 Å². The summed E-state index contributed by atoms with van der Waals surface area (Å²) in [5.74, 6) is 0.706. The second kappa shape index (κ2) is 4.90. The Morgan fingerprint density at radius 1 is 1.47 bits per heavy atom. The number of hydrogen-bond donors (Lipinski definition) is 1. The molecule has 0 unspecified atom stereocenters. The van der Waals surface area contributed by atoms with Gasteiger partial charge in [-0.1, -0.05) is 0 Å². The first-order valence-corrected chi connectivity index (χ1v) is 7.35. The molecule has 0 fully saturated rings. The molecular weight excluding hydrogens is 258 g/mol. The van der Waals surface area contributed by atoms with E-state index in [1.807, 2.05) is 6.92 Å². The molecule has 0 spiro atoms. The number of thiophene rings is 1. The van der Waals surface area contributed by atoms with Gasteiger partial charge in [-0.2, -0.15) is 0 Å². The number of fused-ring (bicyclic) bond motifs is 1. The van der Waals surface area contributed by atoms with Gasteiger partial charge in [0.15, 0.2) is 0 Å². The number of aromatic amines is 1. The highest BCUT2D eigenvalue weighted by atomic mass is 32.1. The predicted molar refractivity (Wildman–Crippen MR) is 76.5 cm³/mol. The second-order valence-electron chi connectivity index (χ2n) is 5.13. The Kier molecular flexibility index (Phi) is 3.24. The van der Waals surface area contributed by atoms with Crippen molar-refractivity contribution in [3.63, 3.8) is 0 Å². The van der Waals surface area contributed by atoms with Crippen LogP contribution in [0.4, 0.5) is 0 Å². The van der Waals surface area contributed by atoms with Crippen LogP contribution in [-0.4, -0.2) is 21.4 Å². The second-order valence-corrected chi connectivity index (χ2v) is 6.12. The molecule has 0 saturated carbocycles. The molecule has 0 aliphatic carbocycles. The maximum absolute atomic E-state index is 11.8. The van der Waals surface area contributed by atoms with Gasteiger partial charge in [0, 0.05) is 30.1 Å². The van der Waals surface area contributed by atoms with Gasteiger partial charge in [-0.15, -0.1) is 11.3 Å². The Balaban J connectivity index is 1.80. The van der Waals surface area contributed by atoms with Crippen LogP contribution >= 0.6 is 11.3 Å². The zero-order valence-electron chi connectivity index (χ0n) is 11.2. The monoisotopic (exact) mass is 275 g/mol. The van der Waals surface area contributed by atoms with E-state index in [1.165, 1.54) is 10.4 Å². The van der Waals surface area contributed by atoms with Crippen LogP contribution < -0.4 is 5.56 Å². The number of H-pyrrole nitrogens is 1. The minimum Gasteiger partial charge on any atom is -0.311 e. The lowest BCUT2D eigenvalue weighted by Gasteiger charge is -2.27. The first kappa shape index (κ1) is 12.6. The largest absolute Gasteiger partial charge is 0.311 e. The number of hydrogen-bond acceptors (Lipinski definition) is 4. The van der Waals surface area contributed by atoms with E-state index in [-0.39, 0.29) is 5.56 Å². The van der Waals surface area contributed by atoms with Crippen molar-refractivity contribution in [2.75, 3.05) is 6.54 Å². The summed E-state index contributed by atoms with van der Waals surface area (Å²) in [4.78, 5) is 22.8. The fourth-order valence-corrected chi connectivity index (χ4v) is 3.46. The van der Waals surface area contributed by atoms with Crippen molar-refractivity contribution < 1.29 is 0 Å². The van der Waals surface area contributed by atoms with E-state index in [2.05, 4.69) is 33.2 Å². The van der Waals surface area contributed by atoms with Gasteiger partial charge in [-0.25, -0.2) is 4.98 Å². The van der Waals surface area contributed by atoms with Gasteiger partial charge in [0.25, 0.3) is 5.56 Å². The highest BCUT2D eigenvalue weighted by Gasteiger charge is 2.20. The molecule has 4 nitrogen and oxygen atoms in total. The molecule has 0 amide bonds. The summed E-state index contributed by atoms with van der Waals surface area (Å²) in [6.07, 6.45) is 0.794. The summed E-state index contributed by atoms with van der Waals surface area (Å²) in [6, 6.07) is 2.23. The van der Waals surface area contributed by atoms with Crippen molar-refractivity contribution in [1.29, 1.82) is 0 Å². The fourth-order valence-electron chi connectivity index (χ4n) is 2.55. The maximum atomic E-state index is 11.8. The molecule has 0 bridgehead atoms. The number of nitrogens with zero attached hydrogens (tertiary/aromatic N) is 2. The quantitative estimate of drug-likeness (QED) is 0.912. The van der Waals surface area contributed by atoms with Gasteiger partial charge in [0.05, 0.1) is 5.69 Å². The normalized spacial score (nSPS) is 15.5. The van der Waals surface area contributed by atoms with Crippen LogP contribution in [0.2, 0.25) is 0 Å². The van der Waals surface area contributed by atoms with Crippen LogP contribution in [0, 0.1) is 13.8 Å². The van der Waals surface area contributed by atoms with E-state index in [9.17, 15) is 4.79 Å². The molecule has 0 saturated heterocycles. The van der Waals surface area contributed by atoms with Crippen LogP contribution in [0.15, 0.2) is 16.2 Å². The Hall–Kier alpha value is -1.46. The summed E-state index contributed by atoms with van der Waals surface area (Å²) >= 11 is 1.80. The molecule has 100 valence electrons. The van der Waals surface area contributed by atoms with Crippen molar-refractivity contribution >= 4 is 11.3 Å². The Bertz CT molecular complexity index is 659. The van der Waals surface area contributed by atoms with Crippen molar-refractivity contribution in [1.82, 2.24) is 14.9 Å². The molecule has 2 aromatic rings. The van der Waals surface area contributed by atoms with Gasteiger partial charge in [0.2, 0.25) is 0 Å². The molecule has 3 heterocycles. The summed E-state index contributed by atoms with van der Waals surface area (Å²) in [5.41, 5.74) is 3.17. The van der Waals surface area contributed by atoms with Gasteiger partial charge in [-0.3, -0.25) is 9.69 Å². The van der Waals surface area contributed by atoms with Crippen molar-refractivity contribution in [3.05, 3.63) is 49.3 Å². The van der Waals surface area contributed by atoms with Crippen molar-refractivity contribution in [3.8, 4) is 0 Å². The van der Waals surface area contributed by atoms with Gasteiger partial charge >= 0.3 is 0 Å². The molecule has 1 aliphatic heterocycles. The predicted octanol–water partition coefficient (Wildman–Crippen LogP) is 2.01. The third-order valence-corrected chi connectivity index (χ3v) is 4.47. The third kappa shape index (κ3) is 2.62. The zero-order chi connectivity index (χ0) is 13.4. The molecule has 0 aromatic carbocycles. The lowest BCUT2D eigenvalue weighted by atomic mass is 10.1. The van der Waals surface area contributed by atoms with E-state index in [0.29, 0.717) is 5.82 Å². The highest BCUT2D eigenvalue weighted by molar-refractivity contribution is 7.10. The van der Waals surface area contributed by atoms with Gasteiger partial charge in [0.1, 0.15) is 5.82 Å². The van der Waals surface area contributed by atoms with E-state index in [1.54, 1.807) is 11.3 Å². The standard InChI is InChI=1S/C14H17N3OS/c1-9-5-11(19-8-9)6-17-4-3-12-13(7-17)15-10(2)16-14(12)18/h5,8H,3-4,6-7H2,1-2H3,(H,15,16,18). The molecule has 2 aromatic heterocycles. The van der Waals surface area contributed by atoms with E-state index in [0.717, 1.165) is 37.3 Å². The first-order chi connectivity index (χ1) is 9.11. The summed E-state index contributed by atoms with van der Waals surface area (Å²) in [7, 11) is 0. The van der Waals surface area contributed by atoms with Crippen molar-refractivity contribution in [2.45, 2.75) is 33.4 Å². The SMILES string of the molecule is Cc1csc(CN2CCc3c(nc(C)[nH]c3=O)C2)c1. The number of rotatable bonds is 2. The smallest absolute Gasteiger partial charge is 0.254 e. The lowest BCUT2D eigenvalue weighted by Crippen LogP contribution is -2.35. The lowest BCUT2D eigenvalue weighted by molar-refractivity contribution is 0.242. The van der Waals surface area contributed by atoms with E-state index < -0.39 is 0 Å². The average Bonchev–Trinajstić information content (AvgIpc) is 2.74. The molecule has 1 N–H and O–H groups in total. The third-order valence-electron chi connectivity index (χ3n) is 3.44. The molecule has 1 aliphatic rings. The highest BCUT2D eigenvalue weighted by Crippen LogP contribution is 2.20. The maximum Gasteiger partial charge on any atom is 0.254 e. The van der Waals surface area contributed by atoms with Crippen LogP contribution in [0.1, 0.15) is 27.5 Å². The van der Waals surface area contributed by atoms with E-state index >= 15 is 0 Å². The van der Waals surface area contributed by atoms with Gasteiger partial charge in [-0.05, 0) is 37.3 Å². The Morgan fingerprint density at radius 2 is 2.32 bits per heavy atom. The summed E-state index contributed by atoms with van der Waals surface area (Å²) < 4.78 is 0.